The minimum atomic E-state index is -0.644. The Morgan fingerprint density at radius 1 is 1.38 bits per heavy atom. The SMILES string of the molecule is CC(NC(=O)c1n[nH]c2c1CNCC2)C(O)Cc1ccccc1.Cl. The molecule has 3 rings (SSSR count). The number of amides is 1. The lowest BCUT2D eigenvalue weighted by Gasteiger charge is -2.20. The van der Waals surface area contributed by atoms with Gasteiger partial charge in [-0.2, -0.15) is 5.10 Å². The van der Waals surface area contributed by atoms with Gasteiger partial charge >= 0.3 is 0 Å². The van der Waals surface area contributed by atoms with Gasteiger partial charge in [0.05, 0.1) is 12.1 Å². The Hall–Kier alpha value is -1.89. The number of carbonyl (C=O) groups excluding carboxylic acids is 1. The van der Waals surface area contributed by atoms with Gasteiger partial charge in [0.15, 0.2) is 5.69 Å². The number of aromatic amines is 1. The molecule has 1 aromatic heterocycles. The van der Waals surface area contributed by atoms with Gasteiger partial charge in [-0.3, -0.25) is 9.89 Å². The fourth-order valence-electron chi connectivity index (χ4n) is 2.82. The molecule has 2 aromatic rings. The third-order valence-electron chi connectivity index (χ3n) is 4.25. The number of hydrogen-bond acceptors (Lipinski definition) is 4. The van der Waals surface area contributed by atoms with Crippen molar-refractivity contribution in [2.75, 3.05) is 6.54 Å². The Morgan fingerprint density at radius 2 is 2.12 bits per heavy atom. The largest absolute Gasteiger partial charge is 0.391 e. The number of halogens is 1. The molecule has 1 aliphatic heterocycles. The molecule has 1 aliphatic rings. The fourth-order valence-corrected chi connectivity index (χ4v) is 2.82. The highest BCUT2D eigenvalue weighted by molar-refractivity contribution is 5.94. The molecule has 2 unspecified atom stereocenters. The first-order valence-corrected chi connectivity index (χ1v) is 7.95. The van der Waals surface area contributed by atoms with Crippen LogP contribution in [0.2, 0.25) is 0 Å². The predicted octanol–water partition coefficient (Wildman–Crippen LogP) is 1.20. The van der Waals surface area contributed by atoms with Crippen LogP contribution in [0, 0.1) is 0 Å². The summed E-state index contributed by atoms with van der Waals surface area (Å²) in [6.07, 6.45) is 0.707. The Morgan fingerprint density at radius 3 is 2.88 bits per heavy atom. The number of aromatic nitrogens is 2. The molecule has 0 fully saturated rings. The Kier molecular flexibility index (Phi) is 6.36. The van der Waals surface area contributed by atoms with Crippen molar-refractivity contribution < 1.29 is 9.90 Å². The molecule has 0 bridgehead atoms. The maximum Gasteiger partial charge on any atom is 0.272 e. The highest BCUT2D eigenvalue weighted by Gasteiger charge is 2.24. The molecule has 1 amide bonds. The van der Waals surface area contributed by atoms with E-state index >= 15 is 0 Å². The molecule has 7 heteroatoms. The number of aliphatic hydroxyl groups is 1. The number of rotatable bonds is 5. The van der Waals surface area contributed by atoms with E-state index in [-0.39, 0.29) is 24.4 Å². The van der Waals surface area contributed by atoms with Crippen molar-refractivity contribution in [1.82, 2.24) is 20.8 Å². The normalized spacial score (nSPS) is 15.8. The van der Waals surface area contributed by atoms with E-state index in [4.69, 9.17) is 0 Å². The minimum absolute atomic E-state index is 0. The summed E-state index contributed by atoms with van der Waals surface area (Å²) in [5, 5.41) is 23.5. The molecular weight excluding hydrogens is 328 g/mol. The van der Waals surface area contributed by atoms with Gasteiger partial charge in [-0.15, -0.1) is 12.4 Å². The first kappa shape index (κ1) is 18.4. The van der Waals surface area contributed by atoms with Crippen molar-refractivity contribution in [3.63, 3.8) is 0 Å². The molecule has 4 N–H and O–H groups in total. The van der Waals surface area contributed by atoms with Gasteiger partial charge in [-0.05, 0) is 12.5 Å². The lowest BCUT2D eigenvalue weighted by molar-refractivity contribution is 0.0846. The summed E-state index contributed by atoms with van der Waals surface area (Å²) < 4.78 is 0. The van der Waals surface area contributed by atoms with Crippen LogP contribution in [-0.2, 0) is 19.4 Å². The van der Waals surface area contributed by atoms with Gasteiger partial charge in [-0.25, -0.2) is 0 Å². The predicted molar refractivity (Wildman–Crippen MR) is 94.3 cm³/mol. The standard InChI is InChI=1S/C17H22N4O2.ClH/c1-11(15(22)9-12-5-3-2-4-6-12)19-17(23)16-13-10-18-8-7-14(13)20-21-16;/h2-6,11,15,18,22H,7-10H2,1H3,(H,19,23)(H,20,21);1H. The van der Waals surface area contributed by atoms with E-state index in [2.05, 4.69) is 20.8 Å². The van der Waals surface area contributed by atoms with Crippen LogP contribution in [0.3, 0.4) is 0 Å². The van der Waals surface area contributed by atoms with E-state index in [1.54, 1.807) is 0 Å². The van der Waals surface area contributed by atoms with E-state index in [0.717, 1.165) is 29.8 Å². The fraction of sp³-hybridized carbons (Fsp3) is 0.412. The van der Waals surface area contributed by atoms with Crippen LogP contribution in [0.5, 0.6) is 0 Å². The highest BCUT2D eigenvalue weighted by Crippen LogP contribution is 2.15. The van der Waals surface area contributed by atoms with Gasteiger partial charge in [0.2, 0.25) is 0 Å². The maximum atomic E-state index is 12.4. The second-order valence-corrected chi connectivity index (χ2v) is 5.98. The summed E-state index contributed by atoms with van der Waals surface area (Å²) in [7, 11) is 0. The molecule has 0 radical (unpaired) electrons. The molecule has 24 heavy (non-hydrogen) atoms. The molecule has 0 spiro atoms. The number of fused-ring (bicyclic) bond motifs is 1. The molecule has 0 aliphatic carbocycles. The van der Waals surface area contributed by atoms with E-state index < -0.39 is 6.10 Å². The quantitative estimate of drug-likeness (QED) is 0.652. The van der Waals surface area contributed by atoms with Gasteiger partial charge in [-0.1, -0.05) is 30.3 Å². The third-order valence-corrected chi connectivity index (χ3v) is 4.25. The summed E-state index contributed by atoms with van der Waals surface area (Å²) in [6.45, 7) is 3.35. The van der Waals surface area contributed by atoms with Crippen molar-refractivity contribution in [1.29, 1.82) is 0 Å². The van der Waals surface area contributed by atoms with Crippen LogP contribution < -0.4 is 10.6 Å². The van der Waals surface area contributed by atoms with Crippen LogP contribution in [0.1, 0.15) is 34.2 Å². The number of nitrogens with zero attached hydrogens (tertiary/aromatic N) is 1. The van der Waals surface area contributed by atoms with Gasteiger partial charge in [0.1, 0.15) is 0 Å². The third kappa shape index (κ3) is 4.14. The molecule has 6 nitrogen and oxygen atoms in total. The second-order valence-electron chi connectivity index (χ2n) is 5.98. The zero-order valence-corrected chi connectivity index (χ0v) is 14.4. The first-order chi connectivity index (χ1) is 11.1. The van der Waals surface area contributed by atoms with Gasteiger partial charge in [0, 0.05) is 37.2 Å². The molecule has 130 valence electrons. The summed E-state index contributed by atoms with van der Waals surface area (Å²) in [5.41, 5.74) is 3.42. The monoisotopic (exact) mass is 350 g/mol. The van der Waals surface area contributed by atoms with E-state index in [1.165, 1.54) is 0 Å². The smallest absolute Gasteiger partial charge is 0.272 e. The molecule has 2 heterocycles. The number of carbonyl (C=O) groups is 1. The van der Waals surface area contributed by atoms with Crippen LogP contribution in [0.15, 0.2) is 30.3 Å². The lowest BCUT2D eigenvalue weighted by atomic mass is 10.0. The van der Waals surface area contributed by atoms with Gasteiger partial charge < -0.3 is 15.7 Å². The Balaban J connectivity index is 0.00000208. The summed E-state index contributed by atoms with van der Waals surface area (Å²) >= 11 is 0. The summed E-state index contributed by atoms with van der Waals surface area (Å²) in [4.78, 5) is 12.4. The second kappa shape index (κ2) is 8.28. The number of H-pyrrole nitrogens is 1. The molecular formula is C17H23ClN4O2. The van der Waals surface area contributed by atoms with Crippen LogP contribution in [-0.4, -0.2) is 39.9 Å². The van der Waals surface area contributed by atoms with Gasteiger partial charge in [0.25, 0.3) is 5.91 Å². The Bertz CT molecular complexity index is 674. The van der Waals surface area contributed by atoms with Crippen LogP contribution in [0.4, 0.5) is 0 Å². The number of nitrogens with one attached hydrogen (secondary N) is 3. The average molecular weight is 351 g/mol. The highest BCUT2D eigenvalue weighted by atomic mass is 35.5. The number of aliphatic hydroxyl groups excluding tert-OH is 1. The summed E-state index contributed by atoms with van der Waals surface area (Å²) in [6, 6.07) is 9.39. The minimum Gasteiger partial charge on any atom is -0.391 e. The number of hydrogen-bond donors (Lipinski definition) is 4. The van der Waals surface area contributed by atoms with Crippen molar-refractivity contribution in [3.05, 3.63) is 52.8 Å². The molecule has 2 atom stereocenters. The zero-order chi connectivity index (χ0) is 16.2. The molecule has 1 aromatic carbocycles. The summed E-state index contributed by atoms with van der Waals surface area (Å²) in [5.74, 6) is -0.245. The van der Waals surface area contributed by atoms with Crippen molar-refractivity contribution in [3.8, 4) is 0 Å². The molecule has 0 saturated carbocycles. The number of benzene rings is 1. The van der Waals surface area contributed by atoms with Crippen LogP contribution in [0.25, 0.3) is 0 Å². The van der Waals surface area contributed by atoms with E-state index in [1.807, 2.05) is 37.3 Å². The van der Waals surface area contributed by atoms with Crippen molar-refractivity contribution in [2.45, 2.75) is 38.5 Å². The van der Waals surface area contributed by atoms with E-state index in [0.29, 0.717) is 18.7 Å². The van der Waals surface area contributed by atoms with Crippen molar-refractivity contribution in [2.24, 2.45) is 0 Å². The lowest BCUT2D eigenvalue weighted by Crippen LogP contribution is -2.42. The topological polar surface area (TPSA) is 90.0 Å². The molecule has 0 saturated heterocycles. The average Bonchev–Trinajstić information content (AvgIpc) is 2.99. The van der Waals surface area contributed by atoms with Crippen molar-refractivity contribution >= 4 is 18.3 Å². The first-order valence-electron chi connectivity index (χ1n) is 7.95. The maximum absolute atomic E-state index is 12.4. The van der Waals surface area contributed by atoms with E-state index in [9.17, 15) is 9.90 Å². The zero-order valence-electron chi connectivity index (χ0n) is 13.6. The van der Waals surface area contributed by atoms with Crippen LogP contribution >= 0.6 is 12.4 Å². The Labute approximate surface area is 147 Å².